The molecular formula is C15H16N2O3. The van der Waals surface area contributed by atoms with E-state index in [9.17, 15) is 9.59 Å². The number of hydrogen-bond acceptors (Lipinski definition) is 3. The zero-order valence-corrected chi connectivity index (χ0v) is 11.0. The average molecular weight is 272 g/mol. The average Bonchev–Trinajstić information content (AvgIpc) is 3.07. The van der Waals surface area contributed by atoms with Crippen molar-refractivity contribution in [2.75, 3.05) is 6.54 Å². The number of pyridine rings is 1. The van der Waals surface area contributed by atoms with Crippen LogP contribution in [0.2, 0.25) is 0 Å². The zero-order valence-electron chi connectivity index (χ0n) is 11.0. The fourth-order valence-corrected chi connectivity index (χ4v) is 3.12. The van der Waals surface area contributed by atoms with Crippen molar-refractivity contribution in [1.29, 1.82) is 0 Å². The molecule has 2 unspecified atom stereocenters. The normalized spacial score (nSPS) is 24.5. The molecular weight excluding hydrogens is 256 g/mol. The van der Waals surface area contributed by atoms with E-state index in [-0.39, 0.29) is 5.91 Å². The van der Waals surface area contributed by atoms with E-state index in [4.69, 9.17) is 5.11 Å². The summed E-state index contributed by atoms with van der Waals surface area (Å²) in [7, 11) is 0. The van der Waals surface area contributed by atoms with Crippen LogP contribution >= 0.6 is 0 Å². The van der Waals surface area contributed by atoms with Gasteiger partial charge in [0.05, 0.1) is 0 Å². The highest BCUT2D eigenvalue weighted by Gasteiger charge is 2.40. The van der Waals surface area contributed by atoms with E-state index in [2.05, 4.69) is 4.98 Å². The van der Waals surface area contributed by atoms with E-state index in [0.29, 0.717) is 23.2 Å². The smallest absolute Gasteiger partial charge is 0.328 e. The van der Waals surface area contributed by atoms with Gasteiger partial charge in [-0.15, -0.1) is 0 Å². The lowest BCUT2D eigenvalue weighted by Gasteiger charge is -2.26. The van der Waals surface area contributed by atoms with Crippen molar-refractivity contribution in [3.8, 4) is 0 Å². The van der Waals surface area contributed by atoms with E-state index >= 15 is 0 Å². The first-order valence-electron chi connectivity index (χ1n) is 6.81. The molecule has 0 spiro atoms. The first-order chi connectivity index (χ1) is 9.63. The fourth-order valence-electron chi connectivity index (χ4n) is 3.12. The van der Waals surface area contributed by atoms with Gasteiger partial charge in [-0.25, -0.2) is 4.79 Å². The molecule has 1 amide bonds. The first kappa shape index (κ1) is 12.8. The third-order valence-corrected chi connectivity index (χ3v) is 4.09. The van der Waals surface area contributed by atoms with Crippen LogP contribution in [-0.4, -0.2) is 39.5 Å². The predicted octanol–water partition coefficient (Wildman–Crippen LogP) is 1.80. The molecule has 1 aliphatic heterocycles. The van der Waals surface area contributed by atoms with Gasteiger partial charge < -0.3 is 10.0 Å². The van der Waals surface area contributed by atoms with Crippen molar-refractivity contribution in [1.82, 2.24) is 9.88 Å². The Morgan fingerprint density at radius 3 is 2.75 bits per heavy atom. The lowest BCUT2D eigenvalue weighted by atomic mass is 10.1. The number of hydrogen-bond donors (Lipinski definition) is 1. The largest absolute Gasteiger partial charge is 0.478 e. The molecule has 0 radical (unpaired) electrons. The van der Waals surface area contributed by atoms with Gasteiger partial charge in [0.2, 0.25) is 0 Å². The number of amides is 1. The van der Waals surface area contributed by atoms with Crippen LogP contribution in [0.1, 0.15) is 35.3 Å². The molecule has 5 nitrogen and oxygen atoms in total. The van der Waals surface area contributed by atoms with E-state index in [1.807, 2.05) is 4.90 Å². The number of aromatic nitrogens is 1. The van der Waals surface area contributed by atoms with Crippen LogP contribution in [0.5, 0.6) is 0 Å². The number of carboxylic acid groups (broad SMARTS) is 1. The Balaban J connectivity index is 1.71. The molecule has 1 saturated heterocycles. The van der Waals surface area contributed by atoms with E-state index in [0.717, 1.165) is 25.5 Å². The van der Waals surface area contributed by atoms with Crippen molar-refractivity contribution in [3.05, 3.63) is 35.7 Å². The van der Waals surface area contributed by atoms with Crippen LogP contribution in [-0.2, 0) is 4.79 Å². The molecule has 1 aromatic heterocycles. The number of likely N-dealkylation sites (tertiary alicyclic amines) is 1. The van der Waals surface area contributed by atoms with Gasteiger partial charge >= 0.3 is 5.97 Å². The highest BCUT2D eigenvalue weighted by molar-refractivity contribution is 5.93. The fraction of sp³-hybridized carbons (Fsp3) is 0.400. The number of carbonyl (C=O) groups is 2. The number of rotatable bonds is 3. The minimum absolute atomic E-state index is 0.00837. The second-order valence-corrected chi connectivity index (χ2v) is 5.44. The van der Waals surface area contributed by atoms with Gasteiger partial charge in [0.15, 0.2) is 0 Å². The number of nitrogens with zero attached hydrogens (tertiary/aromatic N) is 2. The summed E-state index contributed by atoms with van der Waals surface area (Å²) in [5.74, 6) is -0.342. The summed E-state index contributed by atoms with van der Waals surface area (Å²) in [6.45, 7) is 0.853. The summed E-state index contributed by atoms with van der Waals surface area (Å²) in [6, 6.07) is 3.77. The van der Waals surface area contributed by atoms with Crippen molar-refractivity contribution >= 4 is 18.0 Å². The summed E-state index contributed by atoms with van der Waals surface area (Å²) in [4.78, 5) is 28.9. The van der Waals surface area contributed by atoms with Gasteiger partial charge in [0, 0.05) is 24.9 Å². The van der Waals surface area contributed by atoms with Gasteiger partial charge in [-0.2, -0.15) is 0 Å². The standard InChI is InChI=1S/C15H16N2O3/c18-14(19)6-3-10-2-5-13(16-8-10)15(20)17-9-11-1-4-12(17)7-11/h2-3,5-6,8,11-12H,1,4,7,9H2,(H,18,19). The molecule has 1 aromatic rings. The summed E-state index contributed by atoms with van der Waals surface area (Å²) >= 11 is 0. The maximum absolute atomic E-state index is 12.4. The second kappa shape index (κ2) is 5.07. The van der Waals surface area contributed by atoms with E-state index < -0.39 is 5.97 Å². The Kier molecular flexibility index (Phi) is 3.26. The van der Waals surface area contributed by atoms with Crippen molar-refractivity contribution in [2.24, 2.45) is 5.92 Å². The van der Waals surface area contributed by atoms with Gasteiger partial charge in [-0.3, -0.25) is 9.78 Å². The minimum Gasteiger partial charge on any atom is -0.478 e. The van der Waals surface area contributed by atoms with E-state index in [1.165, 1.54) is 18.7 Å². The summed E-state index contributed by atoms with van der Waals surface area (Å²) in [5.41, 5.74) is 1.11. The molecule has 2 fully saturated rings. The predicted molar refractivity (Wildman–Crippen MR) is 73.1 cm³/mol. The molecule has 2 bridgehead atoms. The Bertz CT molecular complexity index is 565. The van der Waals surface area contributed by atoms with Crippen LogP contribution in [0.4, 0.5) is 0 Å². The number of carbonyl (C=O) groups excluding carboxylic acids is 1. The third-order valence-electron chi connectivity index (χ3n) is 4.09. The minimum atomic E-state index is -1.00. The number of aliphatic carboxylic acids is 1. The molecule has 1 aliphatic carbocycles. The zero-order chi connectivity index (χ0) is 14.1. The number of fused-ring (bicyclic) bond motifs is 2. The lowest BCUT2D eigenvalue weighted by Crippen LogP contribution is -2.38. The quantitative estimate of drug-likeness (QED) is 0.852. The van der Waals surface area contributed by atoms with Crippen molar-refractivity contribution < 1.29 is 14.7 Å². The Labute approximate surface area is 116 Å². The molecule has 1 N–H and O–H groups in total. The Morgan fingerprint density at radius 2 is 2.20 bits per heavy atom. The van der Waals surface area contributed by atoms with E-state index in [1.54, 1.807) is 12.1 Å². The van der Waals surface area contributed by atoms with Gasteiger partial charge in [-0.05, 0) is 42.9 Å². The van der Waals surface area contributed by atoms with Gasteiger partial charge in [0.1, 0.15) is 5.69 Å². The molecule has 104 valence electrons. The second-order valence-electron chi connectivity index (χ2n) is 5.44. The maximum atomic E-state index is 12.4. The third kappa shape index (κ3) is 2.43. The molecule has 2 atom stereocenters. The Hall–Kier alpha value is -2.17. The molecule has 0 aromatic carbocycles. The Morgan fingerprint density at radius 1 is 1.35 bits per heavy atom. The molecule has 3 rings (SSSR count). The first-order valence-corrected chi connectivity index (χ1v) is 6.81. The summed E-state index contributed by atoms with van der Waals surface area (Å²) in [6.07, 6.45) is 7.52. The number of piperidine rings is 1. The van der Waals surface area contributed by atoms with Crippen LogP contribution < -0.4 is 0 Å². The molecule has 20 heavy (non-hydrogen) atoms. The highest BCUT2D eigenvalue weighted by Crippen LogP contribution is 2.37. The summed E-state index contributed by atoms with van der Waals surface area (Å²) < 4.78 is 0. The lowest BCUT2D eigenvalue weighted by molar-refractivity contribution is -0.131. The van der Waals surface area contributed by atoms with Crippen molar-refractivity contribution in [3.63, 3.8) is 0 Å². The van der Waals surface area contributed by atoms with Gasteiger partial charge in [-0.1, -0.05) is 6.07 Å². The van der Waals surface area contributed by atoms with Crippen LogP contribution in [0.15, 0.2) is 24.4 Å². The highest BCUT2D eigenvalue weighted by atomic mass is 16.4. The van der Waals surface area contributed by atoms with Crippen LogP contribution in [0.25, 0.3) is 6.08 Å². The SMILES string of the molecule is O=C(O)C=Cc1ccc(C(=O)N2CC3CCC2C3)nc1. The monoisotopic (exact) mass is 272 g/mol. The number of carboxylic acids is 1. The molecule has 2 heterocycles. The maximum Gasteiger partial charge on any atom is 0.328 e. The molecule has 5 heteroatoms. The van der Waals surface area contributed by atoms with Gasteiger partial charge in [0.25, 0.3) is 5.91 Å². The van der Waals surface area contributed by atoms with Crippen molar-refractivity contribution in [2.45, 2.75) is 25.3 Å². The molecule has 1 saturated carbocycles. The van der Waals surface area contributed by atoms with Crippen LogP contribution in [0.3, 0.4) is 0 Å². The molecule has 2 aliphatic rings. The van der Waals surface area contributed by atoms with Crippen LogP contribution in [0, 0.1) is 5.92 Å². The topological polar surface area (TPSA) is 70.5 Å². The summed E-state index contributed by atoms with van der Waals surface area (Å²) in [5, 5.41) is 8.55.